The van der Waals surface area contributed by atoms with Crippen LogP contribution in [0, 0.1) is 0 Å². The predicted octanol–water partition coefficient (Wildman–Crippen LogP) is 0.320. The quantitative estimate of drug-likeness (QED) is 0.844. The SMILES string of the molecule is Cn1cc(C(=O)Nc2ccccc2S(N)(=O)=O)cn1. The van der Waals surface area contributed by atoms with Gasteiger partial charge in [0.05, 0.1) is 17.4 Å². The number of nitrogens with zero attached hydrogens (tertiary/aromatic N) is 2. The molecule has 8 heteroatoms. The molecule has 0 saturated heterocycles. The molecule has 0 bridgehead atoms. The van der Waals surface area contributed by atoms with E-state index < -0.39 is 15.9 Å². The van der Waals surface area contributed by atoms with Crippen LogP contribution >= 0.6 is 0 Å². The van der Waals surface area contributed by atoms with E-state index in [1.807, 2.05) is 0 Å². The van der Waals surface area contributed by atoms with Gasteiger partial charge in [0.2, 0.25) is 10.0 Å². The number of carbonyl (C=O) groups excluding carboxylic acids is 1. The molecule has 7 nitrogen and oxygen atoms in total. The first kappa shape index (κ1) is 13.2. The third kappa shape index (κ3) is 2.98. The Morgan fingerprint density at radius 1 is 1.37 bits per heavy atom. The number of nitrogens with two attached hydrogens (primary N) is 1. The zero-order valence-electron chi connectivity index (χ0n) is 10.1. The molecule has 0 aliphatic carbocycles. The Kier molecular flexibility index (Phi) is 3.36. The van der Waals surface area contributed by atoms with E-state index >= 15 is 0 Å². The lowest BCUT2D eigenvalue weighted by atomic mass is 10.3. The van der Waals surface area contributed by atoms with Gasteiger partial charge < -0.3 is 5.32 Å². The van der Waals surface area contributed by atoms with Crippen LogP contribution in [0.15, 0.2) is 41.6 Å². The molecule has 0 saturated carbocycles. The average molecular weight is 280 g/mol. The number of primary sulfonamides is 1. The summed E-state index contributed by atoms with van der Waals surface area (Å²) in [6.45, 7) is 0. The Morgan fingerprint density at radius 2 is 2.05 bits per heavy atom. The number of rotatable bonds is 3. The molecular weight excluding hydrogens is 268 g/mol. The van der Waals surface area contributed by atoms with Gasteiger partial charge in [-0.1, -0.05) is 12.1 Å². The van der Waals surface area contributed by atoms with Gasteiger partial charge in [-0.15, -0.1) is 0 Å². The van der Waals surface area contributed by atoms with Crippen LogP contribution < -0.4 is 10.5 Å². The lowest BCUT2D eigenvalue weighted by Gasteiger charge is -2.08. The summed E-state index contributed by atoms with van der Waals surface area (Å²) in [6.07, 6.45) is 2.91. The van der Waals surface area contributed by atoms with Crippen LogP contribution in [0.3, 0.4) is 0 Å². The Bertz CT molecular complexity index is 721. The fraction of sp³-hybridized carbons (Fsp3) is 0.0909. The highest BCUT2D eigenvalue weighted by Gasteiger charge is 2.16. The number of hydrogen-bond donors (Lipinski definition) is 2. The molecule has 0 spiro atoms. The van der Waals surface area contributed by atoms with Crippen molar-refractivity contribution in [3.05, 3.63) is 42.2 Å². The monoisotopic (exact) mass is 280 g/mol. The van der Waals surface area contributed by atoms with Crippen molar-refractivity contribution in [3.63, 3.8) is 0 Å². The molecule has 0 unspecified atom stereocenters. The van der Waals surface area contributed by atoms with Crippen LogP contribution in [-0.4, -0.2) is 24.1 Å². The normalized spacial score (nSPS) is 11.3. The highest BCUT2D eigenvalue weighted by molar-refractivity contribution is 7.89. The van der Waals surface area contributed by atoms with Crippen LogP contribution in [0.1, 0.15) is 10.4 Å². The van der Waals surface area contributed by atoms with E-state index in [0.717, 1.165) is 0 Å². The Balaban J connectivity index is 2.32. The van der Waals surface area contributed by atoms with Crippen LogP contribution in [0.25, 0.3) is 0 Å². The number of anilines is 1. The number of nitrogens with one attached hydrogen (secondary N) is 1. The lowest BCUT2D eigenvalue weighted by molar-refractivity contribution is 0.102. The maximum Gasteiger partial charge on any atom is 0.258 e. The second-order valence-electron chi connectivity index (χ2n) is 3.90. The van der Waals surface area contributed by atoms with Crippen molar-refractivity contribution in [1.82, 2.24) is 9.78 Å². The third-order valence-corrected chi connectivity index (χ3v) is 3.38. The fourth-order valence-corrected chi connectivity index (χ4v) is 2.24. The Hall–Kier alpha value is -2.19. The fourth-order valence-electron chi connectivity index (χ4n) is 1.55. The van der Waals surface area contributed by atoms with Crippen LogP contribution in [0.5, 0.6) is 0 Å². The van der Waals surface area contributed by atoms with Gasteiger partial charge in [0, 0.05) is 13.2 Å². The summed E-state index contributed by atoms with van der Waals surface area (Å²) in [5, 5.41) is 11.4. The van der Waals surface area contributed by atoms with Crippen molar-refractivity contribution in [2.45, 2.75) is 4.90 Å². The molecule has 1 aromatic heterocycles. The molecule has 0 aliphatic heterocycles. The molecule has 0 radical (unpaired) electrons. The standard InChI is InChI=1S/C11H12N4O3S/c1-15-7-8(6-13-15)11(16)14-9-4-2-3-5-10(9)19(12,17)18/h2-7H,1H3,(H,14,16)(H2,12,17,18). The van der Waals surface area contributed by atoms with E-state index in [-0.39, 0.29) is 10.6 Å². The number of sulfonamides is 1. The molecule has 1 amide bonds. The van der Waals surface area contributed by atoms with Gasteiger partial charge in [-0.05, 0) is 12.1 Å². The van der Waals surface area contributed by atoms with Crippen molar-refractivity contribution in [2.75, 3.05) is 5.32 Å². The Labute approximate surface area is 110 Å². The second-order valence-corrected chi connectivity index (χ2v) is 5.43. The number of benzene rings is 1. The molecule has 3 N–H and O–H groups in total. The van der Waals surface area contributed by atoms with E-state index in [4.69, 9.17) is 5.14 Å². The van der Waals surface area contributed by atoms with E-state index in [1.54, 1.807) is 13.1 Å². The molecule has 0 fully saturated rings. The first-order valence-electron chi connectivity index (χ1n) is 5.30. The number of amides is 1. The summed E-state index contributed by atoms with van der Waals surface area (Å²) in [5.74, 6) is -0.454. The zero-order chi connectivity index (χ0) is 14.0. The van der Waals surface area contributed by atoms with Crippen LogP contribution in [-0.2, 0) is 17.1 Å². The van der Waals surface area contributed by atoms with Crippen molar-refractivity contribution in [3.8, 4) is 0 Å². The number of hydrogen-bond acceptors (Lipinski definition) is 4. The molecule has 1 aromatic carbocycles. The van der Waals surface area contributed by atoms with Gasteiger partial charge in [-0.3, -0.25) is 9.48 Å². The molecule has 2 rings (SSSR count). The highest BCUT2D eigenvalue weighted by Crippen LogP contribution is 2.19. The maximum absolute atomic E-state index is 11.9. The van der Waals surface area contributed by atoms with E-state index in [1.165, 1.54) is 35.3 Å². The summed E-state index contributed by atoms with van der Waals surface area (Å²) in [5.41, 5.74) is 0.463. The summed E-state index contributed by atoms with van der Waals surface area (Å²) in [7, 11) is -2.22. The van der Waals surface area contributed by atoms with Gasteiger partial charge >= 0.3 is 0 Å². The van der Waals surface area contributed by atoms with Gasteiger partial charge in [-0.25, -0.2) is 13.6 Å². The minimum absolute atomic E-state index is 0.132. The zero-order valence-corrected chi connectivity index (χ0v) is 10.9. The number of para-hydroxylation sites is 1. The average Bonchev–Trinajstić information content (AvgIpc) is 2.75. The van der Waals surface area contributed by atoms with Crippen LogP contribution in [0.4, 0.5) is 5.69 Å². The smallest absolute Gasteiger partial charge is 0.258 e. The van der Waals surface area contributed by atoms with E-state index in [9.17, 15) is 13.2 Å². The first-order chi connectivity index (χ1) is 8.88. The lowest BCUT2D eigenvalue weighted by Crippen LogP contribution is -2.18. The van der Waals surface area contributed by atoms with Crippen molar-refractivity contribution >= 4 is 21.6 Å². The molecule has 0 aliphatic rings. The minimum Gasteiger partial charge on any atom is -0.321 e. The first-order valence-corrected chi connectivity index (χ1v) is 6.84. The molecule has 2 aromatic rings. The highest BCUT2D eigenvalue weighted by atomic mass is 32.2. The summed E-state index contributed by atoms with van der Waals surface area (Å²) in [4.78, 5) is 11.8. The minimum atomic E-state index is -3.89. The van der Waals surface area contributed by atoms with E-state index in [2.05, 4.69) is 10.4 Å². The van der Waals surface area contributed by atoms with Gasteiger partial charge in [-0.2, -0.15) is 5.10 Å². The van der Waals surface area contributed by atoms with Crippen molar-refractivity contribution in [2.24, 2.45) is 12.2 Å². The topological polar surface area (TPSA) is 107 Å². The predicted molar refractivity (Wildman–Crippen MR) is 69.0 cm³/mol. The van der Waals surface area contributed by atoms with Gasteiger partial charge in [0.15, 0.2) is 0 Å². The number of aryl methyl sites for hydroxylation is 1. The molecule has 1 heterocycles. The largest absolute Gasteiger partial charge is 0.321 e. The summed E-state index contributed by atoms with van der Waals surface area (Å²) >= 11 is 0. The molecule has 100 valence electrons. The van der Waals surface area contributed by atoms with Crippen molar-refractivity contribution < 1.29 is 13.2 Å². The molecule has 0 atom stereocenters. The summed E-state index contributed by atoms with van der Waals surface area (Å²) < 4.78 is 24.2. The second kappa shape index (κ2) is 4.82. The maximum atomic E-state index is 11.9. The number of carbonyl (C=O) groups is 1. The van der Waals surface area contributed by atoms with Gasteiger partial charge in [0.1, 0.15) is 4.90 Å². The number of aromatic nitrogens is 2. The Morgan fingerprint density at radius 3 is 2.63 bits per heavy atom. The molecular formula is C11H12N4O3S. The van der Waals surface area contributed by atoms with Crippen molar-refractivity contribution in [1.29, 1.82) is 0 Å². The summed E-state index contributed by atoms with van der Waals surface area (Å²) in [6, 6.07) is 5.93. The van der Waals surface area contributed by atoms with E-state index in [0.29, 0.717) is 5.56 Å². The van der Waals surface area contributed by atoms with Gasteiger partial charge in [0.25, 0.3) is 5.91 Å². The van der Waals surface area contributed by atoms with Crippen LogP contribution in [0.2, 0.25) is 0 Å². The third-order valence-electron chi connectivity index (χ3n) is 2.41. The molecule has 19 heavy (non-hydrogen) atoms.